The number of pyridine rings is 1. The smallest absolute Gasteiger partial charge is 0.130 e. The minimum Gasteiger partial charge on any atom is -0.491 e. The maximum Gasteiger partial charge on any atom is 0.130 e. The number of rotatable bonds is 4. The summed E-state index contributed by atoms with van der Waals surface area (Å²) in [5.41, 5.74) is 8.42. The molecule has 4 heteroatoms. The summed E-state index contributed by atoms with van der Waals surface area (Å²) in [5, 5.41) is 0.972. The summed E-state index contributed by atoms with van der Waals surface area (Å²) in [5.74, 6) is 0.853. The molecule has 0 amide bonds. The van der Waals surface area contributed by atoms with Crippen LogP contribution in [0.25, 0.3) is 10.9 Å². The summed E-state index contributed by atoms with van der Waals surface area (Å²) >= 11 is 0. The maximum atomic E-state index is 5.83. The van der Waals surface area contributed by atoms with Crippen LogP contribution in [0.4, 0.5) is 5.69 Å². The molecule has 0 aliphatic rings. The van der Waals surface area contributed by atoms with E-state index in [4.69, 9.17) is 10.5 Å². The lowest BCUT2D eigenvalue weighted by atomic mass is 10.1. The summed E-state index contributed by atoms with van der Waals surface area (Å²) in [6.07, 6.45) is 0. The fraction of sp³-hybridized carbons (Fsp3) is 0.357. The van der Waals surface area contributed by atoms with E-state index in [0.717, 1.165) is 34.6 Å². The number of anilines is 1. The molecule has 2 rings (SSSR count). The molecule has 1 aromatic carbocycles. The number of likely N-dealkylation sites (N-methyl/N-ethyl adjacent to an activating group) is 1. The van der Waals surface area contributed by atoms with E-state index in [1.807, 2.05) is 45.3 Å². The van der Waals surface area contributed by atoms with Crippen molar-refractivity contribution in [2.24, 2.45) is 0 Å². The SMILES string of the molecule is Cc1cc(OCCN(C)C)c2cc(N)ccc2n1. The van der Waals surface area contributed by atoms with Crippen LogP contribution in [0, 0.1) is 6.92 Å². The highest BCUT2D eigenvalue weighted by Crippen LogP contribution is 2.27. The van der Waals surface area contributed by atoms with Crippen molar-refractivity contribution < 1.29 is 4.74 Å². The van der Waals surface area contributed by atoms with Crippen LogP contribution in [-0.4, -0.2) is 37.1 Å². The van der Waals surface area contributed by atoms with Gasteiger partial charge in [-0.05, 0) is 39.2 Å². The van der Waals surface area contributed by atoms with Crippen LogP contribution in [-0.2, 0) is 0 Å². The fourth-order valence-electron chi connectivity index (χ4n) is 1.80. The van der Waals surface area contributed by atoms with Gasteiger partial charge in [0.2, 0.25) is 0 Å². The van der Waals surface area contributed by atoms with E-state index in [1.165, 1.54) is 0 Å². The number of nitrogens with two attached hydrogens (primary N) is 1. The van der Waals surface area contributed by atoms with Crippen molar-refractivity contribution >= 4 is 16.6 Å². The van der Waals surface area contributed by atoms with Crippen molar-refractivity contribution in [2.45, 2.75) is 6.92 Å². The number of benzene rings is 1. The molecule has 0 spiro atoms. The van der Waals surface area contributed by atoms with E-state index < -0.39 is 0 Å². The van der Waals surface area contributed by atoms with E-state index in [2.05, 4.69) is 9.88 Å². The van der Waals surface area contributed by atoms with Gasteiger partial charge in [-0.2, -0.15) is 0 Å². The molecule has 0 atom stereocenters. The zero-order valence-electron chi connectivity index (χ0n) is 11.1. The third-order valence-electron chi connectivity index (χ3n) is 2.72. The molecule has 18 heavy (non-hydrogen) atoms. The first-order valence-corrected chi connectivity index (χ1v) is 6.00. The van der Waals surface area contributed by atoms with Crippen molar-refractivity contribution in [1.29, 1.82) is 0 Å². The van der Waals surface area contributed by atoms with Crippen LogP contribution >= 0.6 is 0 Å². The average Bonchev–Trinajstić information content (AvgIpc) is 2.29. The average molecular weight is 245 g/mol. The maximum absolute atomic E-state index is 5.83. The zero-order valence-corrected chi connectivity index (χ0v) is 11.1. The normalized spacial score (nSPS) is 11.1. The number of fused-ring (bicyclic) bond motifs is 1. The lowest BCUT2D eigenvalue weighted by Crippen LogP contribution is -2.19. The van der Waals surface area contributed by atoms with Gasteiger partial charge in [0.05, 0.1) is 5.52 Å². The van der Waals surface area contributed by atoms with Crippen LogP contribution in [0.1, 0.15) is 5.69 Å². The lowest BCUT2D eigenvalue weighted by molar-refractivity contribution is 0.263. The largest absolute Gasteiger partial charge is 0.491 e. The molecular weight excluding hydrogens is 226 g/mol. The molecule has 1 heterocycles. The second-order valence-corrected chi connectivity index (χ2v) is 4.69. The van der Waals surface area contributed by atoms with Gasteiger partial charge >= 0.3 is 0 Å². The van der Waals surface area contributed by atoms with Crippen molar-refractivity contribution in [3.05, 3.63) is 30.0 Å². The molecule has 0 aliphatic carbocycles. The Morgan fingerprint density at radius 2 is 2.06 bits per heavy atom. The van der Waals surface area contributed by atoms with Crippen molar-refractivity contribution in [3.63, 3.8) is 0 Å². The van der Waals surface area contributed by atoms with E-state index in [0.29, 0.717) is 6.61 Å². The summed E-state index contributed by atoms with van der Waals surface area (Å²) in [7, 11) is 4.05. The van der Waals surface area contributed by atoms with Crippen LogP contribution in [0.15, 0.2) is 24.3 Å². The first kappa shape index (κ1) is 12.6. The quantitative estimate of drug-likeness (QED) is 0.838. The Bertz CT molecular complexity index is 552. The summed E-state index contributed by atoms with van der Waals surface area (Å²) in [6, 6.07) is 7.65. The van der Waals surface area contributed by atoms with Crippen molar-refractivity contribution in [2.75, 3.05) is 33.0 Å². The molecular formula is C14H19N3O. The standard InChI is InChI=1S/C14H19N3O/c1-10-8-14(18-7-6-17(2)3)12-9-11(15)4-5-13(12)16-10/h4-5,8-9H,6-7,15H2,1-3H3. The molecule has 2 N–H and O–H groups in total. The third-order valence-corrected chi connectivity index (χ3v) is 2.72. The molecule has 4 nitrogen and oxygen atoms in total. The number of aryl methyl sites for hydroxylation is 1. The second-order valence-electron chi connectivity index (χ2n) is 4.69. The number of aromatic nitrogens is 1. The highest BCUT2D eigenvalue weighted by molar-refractivity contribution is 5.87. The fourth-order valence-corrected chi connectivity index (χ4v) is 1.80. The topological polar surface area (TPSA) is 51.4 Å². The van der Waals surface area contributed by atoms with Gasteiger partial charge in [0.15, 0.2) is 0 Å². The molecule has 96 valence electrons. The third kappa shape index (κ3) is 2.90. The van der Waals surface area contributed by atoms with Gasteiger partial charge in [0.25, 0.3) is 0 Å². The predicted molar refractivity (Wildman–Crippen MR) is 74.9 cm³/mol. The number of ether oxygens (including phenoxy) is 1. The minimum absolute atomic E-state index is 0.653. The number of nitrogen functional groups attached to an aromatic ring is 1. The Morgan fingerprint density at radius 3 is 2.78 bits per heavy atom. The van der Waals surface area contributed by atoms with Gasteiger partial charge in [-0.15, -0.1) is 0 Å². The van der Waals surface area contributed by atoms with E-state index in [-0.39, 0.29) is 0 Å². The van der Waals surface area contributed by atoms with Crippen molar-refractivity contribution in [1.82, 2.24) is 9.88 Å². The molecule has 2 aromatic rings. The summed E-state index contributed by atoms with van der Waals surface area (Å²) < 4.78 is 5.83. The Morgan fingerprint density at radius 1 is 1.28 bits per heavy atom. The second kappa shape index (κ2) is 5.23. The van der Waals surface area contributed by atoms with Crippen LogP contribution < -0.4 is 10.5 Å². The highest BCUT2D eigenvalue weighted by atomic mass is 16.5. The summed E-state index contributed by atoms with van der Waals surface area (Å²) in [4.78, 5) is 6.56. The molecule has 0 unspecified atom stereocenters. The number of hydrogen-bond donors (Lipinski definition) is 1. The van der Waals surface area contributed by atoms with Crippen LogP contribution in [0.3, 0.4) is 0 Å². The van der Waals surface area contributed by atoms with Gasteiger partial charge in [-0.25, -0.2) is 0 Å². The molecule has 0 aliphatic heterocycles. The molecule has 0 bridgehead atoms. The number of nitrogens with zero attached hydrogens (tertiary/aromatic N) is 2. The van der Waals surface area contributed by atoms with Crippen LogP contribution in [0.2, 0.25) is 0 Å². The zero-order chi connectivity index (χ0) is 13.1. The lowest BCUT2D eigenvalue weighted by Gasteiger charge is -2.13. The molecule has 0 radical (unpaired) electrons. The van der Waals surface area contributed by atoms with E-state index in [1.54, 1.807) is 0 Å². The molecule has 1 aromatic heterocycles. The van der Waals surface area contributed by atoms with Gasteiger partial charge in [-0.1, -0.05) is 0 Å². The van der Waals surface area contributed by atoms with Crippen LogP contribution in [0.5, 0.6) is 5.75 Å². The molecule has 0 fully saturated rings. The minimum atomic E-state index is 0.653. The Kier molecular flexibility index (Phi) is 3.67. The monoisotopic (exact) mass is 245 g/mol. The van der Waals surface area contributed by atoms with Gasteiger partial charge in [0, 0.05) is 29.4 Å². The van der Waals surface area contributed by atoms with Gasteiger partial charge in [-0.3, -0.25) is 4.98 Å². The summed E-state index contributed by atoms with van der Waals surface area (Å²) in [6.45, 7) is 3.50. The van der Waals surface area contributed by atoms with Gasteiger partial charge in [0.1, 0.15) is 12.4 Å². The Hall–Kier alpha value is -1.81. The first-order valence-electron chi connectivity index (χ1n) is 6.00. The number of hydrogen-bond acceptors (Lipinski definition) is 4. The molecule has 0 saturated heterocycles. The predicted octanol–water partition coefficient (Wildman–Crippen LogP) is 2.07. The molecule has 0 saturated carbocycles. The Balaban J connectivity index is 2.32. The highest BCUT2D eigenvalue weighted by Gasteiger charge is 2.06. The first-order chi connectivity index (χ1) is 8.56. The van der Waals surface area contributed by atoms with Crippen molar-refractivity contribution in [3.8, 4) is 5.75 Å². The Labute approximate surface area is 107 Å². The van der Waals surface area contributed by atoms with E-state index in [9.17, 15) is 0 Å². The van der Waals surface area contributed by atoms with Gasteiger partial charge < -0.3 is 15.4 Å². The van der Waals surface area contributed by atoms with E-state index >= 15 is 0 Å².